The molecule has 1 aliphatic carbocycles. The predicted molar refractivity (Wildman–Crippen MR) is 75.1 cm³/mol. The Labute approximate surface area is 116 Å². The van der Waals surface area contributed by atoms with Crippen LogP contribution in [0.1, 0.15) is 19.3 Å². The molecule has 98 valence electrons. The van der Waals surface area contributed by atoms with Crippen molar-refractivity contribution >= 4 is 28.2 Å². The molecule has 1 N–H and O–H groups in total. The minimum atomic E-state index is -0.0220. The first-order chi connectivity index (χ1) is 8.69. The van der Waals surface area contributed by atoms with Crippen molar-refractivity contribution in [2.45, 2.75) is 35.7 Å². The number of hydrogen-bond acceptors (Lipinski definition) is 7. The Morgan fingerprint density at radius 3 is 2.89 bits per heavy atom. The molecule has 2 rings (SSSR count). The van der Waals surface area contributed by atoms with Gasteiger partial charge in [0.2, 0.25) is 5.13 Å². The Morgan fingerprint density at radius 1 is 1.56 bits per heavy atom. The number of anilines is 1. The zero-order valence-electron chi connectivity index (χ0n) is 10.6. The fraction of sp³-hybridized carbons (Fsp3) is 0.727. The van der Waals surface area contributed by atoms with E-state index in [1.54, 1.807) is 23.1 Å². The second-order valence-electron chi connectivity index (χ2n) is 4.50. The van der Waals surface area contributed by atoms with Crippen LogP contribution in [0.15, 0.2) is 4.34 Å². The van der Waals surface area contributed by atoms with E-state index in [2.05, 4.69) is 21.6 Å². The lowest BCUT2D eigenvalue weighted by molar-refractivity contribution is 0.587. The standard InChI is InChI=1S/C11H17N5S2/c1-16(2)10-14-15-11(18-10)17-6-5-9(7-12)13-8-3-4-8/h8-9,13H,3-6H2,1-2H3. The normalized spacial score (nSPS) is 16.3. The van der Waals surface area contributed by atoms with Gasteiger partial charge in [0.1, 0.15) is 0 Å². The molecule has 0 amide bonds. The monoisotopic (exact) mass is 283 g/mol. The lowest BCUT2D eigenvalue weighted by atomic mass is 10.2. The van der Waals surface area contributed by atoms with E-state index in [9.17, 15) is 0 Å². The van der Waals surface area contributed by atoms with Crippen LogP contribution in [0, 0.1) is 11.3 Å². The highest BCUT2D eigenvalue weighted by atomic mass is 32.2. The Morgan fingerprint density at radius 2 is 2.33 bits per heavy atom. The summed E-state index contributed by atoms with van der Waals surface area (Å²) in [6, 6.07) is 2.88. The zero-order valence-corrected chi connectivity index (χ0v) is 12.2. The van der Waals surface area contributed by atoms with Gasteiger partial charge in [-0.15, -0.1) is 10.2 Å². The molecule has 1 fully saturated rings. The maximum atomic E-state index is 9.02. The van der Waals surface area contributed by atoms with E-state index in [1.165, 1.54) is 12.8 Å². The Balaban J connectivity index is 1.71. The van der Waals surface area contributed by atoms with Crippen LogP contribution in [-0.2, 0) is 0 Å². The summed E-state index contributed by atoms with van der Waals surface area (Å²) in [6.45, 7) is 0. The van der Waals surface area contributed by atoms with Gasteiger partial charge in [-0.05, 0) is 19.3 Å². The summed E-state index contributed by atoms with van der Waals surface area (Å²) in [5.74, 6) is 0.903. The van der Waals surface area contributed by atoms with Crippen molar-refractivity contribution in [1.29, 1.82) is 5.26 Å². The Hall–Kier alpha value is -0.840. The average molecular weight is 283 g/mol. The molecule has 1 aromatic rings. The van der Waals surface area contributed by atoms with Gasteiger partial charge in [0.05, 0.1) is 12.1 Å². The number of hydrogen-bond donors (Lipinski definition) is 1. The first-order valence-corrected chi connectivity index (χ1v) is 7.78. The Kier molecular flexibility index (Phi) is 4.80. The quantitative estimate of drug-likeness (QED) is 0.769. The molecule has 18 heavy (non-hydrogen) atoms. The predicted octanol–water partition coefficient (Wildman–Crippen LogP) is 1.73. The maximum Gasteiger partial charge on any atom is 0.208 e. The number of nitrogens with one attached hydrogen (secondary N) is 1. The number of thioether (sulfide) groups is 1. The minimum Gasteiger partial charge on any atom is -0.353 e. The van der Waals surface area contributed by atoms with Crippen molar-refractivity contribution in [3.63, 3.8) is 0 Å². The van der Waals surface area contributed by atoms with Crippen molar-refractivity contribution in [2.75, 3.05) is 24.7 Å². The van der Waals surface area contributed by atoms with Crippen LogP contribution in [0.25, 0.3) is 0 Å². The van der Waals surface area contributed by atoms with Gasteiger partial charge in [0.25, 0.3) is 0 Å². The van der Waals surface area contributed by atoms with Crippen molar-refractivity contribution in [3.8, 4) is 6.07 Å². The number of aromatic nitrogens is 2. The fourth-order valence-corrected chi connectivity index (χ4v) is 3.26. The topological polar surface area (TPSA) is 64.8 Å². The van der Waals surface area contributed by atoms with Gasteiger partial charge < -0.3 is 4.90 Å². The van der Waals surface area contributed by atoms with Gasteiger partial charge in [-0.3, -0.25) is 5.32 Å². The summed E-state index contributed by atoms with van der Waals surface area (Å²) < 4.78 is 0.974. The van der Waals surface area contributed by atoms with Crippen molar-refractivity contribution in [3.05, 3.63) is 0 Å². The van der Waals surface area contributed by atoms with Crippen LogP contribution in [0.3, 0.4) is 0 Å². The van der Waals surface area contributed by atoms with Crippen LogP contribution in [0.2, 0.25) is 0 Å². The molecule has 1 aliphatic rings. The molecule has 1 heterocycles. The van der Waals surface area contributed by atoms with E-state index >= 15 is 0 Å². The molecule has 7 heteroatoms. The second-order valence-corrected chi connectivity index (χ2v) is 6.80. The fourth-order valence-electron chi connectivity index (χ4n) is 1.43. The van der Waals surface area contributed by atoms with Crippen molar-refractivity contribution in [1.82, 2.24) is 15.5 Å². The molecule has 0 spiro atoms. The van der Waals surface area contributed by atoms with Gasteiger partial charge in [-0.25, -0.2) is 0 Å². The van der Waals surface area contributed by atoms with Crippen LogP contribution in [0.5, 0.6) is 0 Å². The first kappa shape index (κ1) is 13.6. The van der Waals surface area contributed by atoms with Crippen LogP contribution < -0.4 is 10.2 Å². The number of rotatable bonds is 7. The molecule has 0 bridgehead atoms. The van der Waals surface area contributed by atoms with Gasteiger partial charge >= 0.3 is 0 Å². The lowest BCUT2D eigenvalue weighted by Crippen LogP contribution is -2.29. The third-order valence-electron chi connectivity index (χ3n) is 2.58. The highest BCUT2D eigenvalue weighted by Gasteiger charge is 2.24. The second kappa shape index (κ2) is 6.36. The lowest BCUT2D eigenvalue weighted by Gasteiger charge is -2.08. The smallest absolute Gasteiger partial charge is 0.208 e. The molecular formula is C11H17N5S2. The molecule has 0 saturated heterocycles. The van der Waals surface area contributed by atoms with E-state index in [-0.39, 0.29) is 6.04 Å². The molecule has 5 nitrogen and oxygen atoms in total. The van der Waals surface area contributed by atoms with Crippen molar-refractivity contribution < 1.29 is 0 Å². The van der Waals surface area contributed by atoms with Gasteiger partial charge in [0, 0.05) is 25.9 Å². The van der Waals surface area contributed by atoms with Crippen LogP contribution in [0.4, 0.5) is 5.13 Å². The highest BCUT2D eigenvalue weighted by Crippen LogP contribution is 2.27. The first-order valence-electron chi connectivity index (χ1n) is 5.98. The molecule has 0 aliphatic heterocycles. The summed E-state index contributed by atoms with van der Waals surface area (Å²) in [5.41, 5.74) is 0. The third kappa shape index (κ3) is 4.12. The summed E-state index contributed by atoms with van der Waals surface area (Å²) in [4.78, 5) is 1.95. The van der Waals surface area contributed by atoms with Crippen LogP contribution in [-0.4, -0.2) is 42.1 Å². The molecule has 0 aromatic carbocycles. The van der Waals surface area contributed by atoms with Gasteiger partial charge in [-0.1, -0.05) is 23.1 Å². The Bertz CT molecular complexity index is 421. The van der Waals surface area contributed by atoms with Gasteiger partial charge in [0.15, 0.2) is 4.34 Å². The SMILES string of the molecule is CN(C)c1nnc(SCCC(C#N)NC2CC2)s1. The number of nitriles is 1. The molecule has 1 saturated carbocycles. The van der Waals surface area contributed by atoms with E-state index in [1.807, 2.05) is 19.0 Å². The number of nitrogens with zero attached hydrogens (tertiary/aromatic N) is 4. The largest absolute Gasteiger partial charge is 0.353 e. The summed E-state index contributed by atoms with van der Waals surface area (Å²) >= 11 is 3.27. The maximum absolute atomic E-state index is 9.02. The van der Waals surface area contributed by atoms with E-state index in [0.717, 1.165) is 21.6 Å². The molecule has 0 radical (unpaired) electrons. The summed E-state index contributed by atoms with van der Waals surface area (Å²) in [7, 11) is 3.92. The molecule has 1 aromatic heterocycles. The molecule has 1 unspecified atom stereocenters. The van der Waals surface area contributed by atoms with Crippen LogP contribution >= 0.6 is 23.1 Å². The van der Waals surface area contributed by atoms with E-state index < -0.39 is 0 Å². The highest BCUT2D eigenvalue weighted by molar-refractivity contribution is 8.01. The molecular weight excluding hydrogens is 266 g/mol. The zero-order chi connectivity index (χ0) is 13.0. The minimum absolute atomic E-state index is 0.0220. The third-order valence-corrected chi connectivity index (χ3v) is 4.84. The summed E-state index contributed by atoms with van der Waals surface area (Å²) in [6.07, 6.45) is 3.29. The van der Waals surface area contributed by atoms with E-state index in [0.29, 0.717) is 6.04 Å². The van der Waals surface area contributed by atoms with E-state index in [4.69, 9.17) is 5.26 Å². The summed E-state index contributed by atoms with van der Waals surface area (Å²) in [5, 5.41) is 21.5. The molecule has 1 atom stereocenters. The van der Waals surface area contributed by atoms with Crippen molar-refractivity contribution in [2.24, 2.45) is 0 Å². The average Bonchev–Trinajstić information content (AvgIpc) is 3.03. The van der Waals surface area contributed by atoms with Gasteiger partial charge in [-0.2, -0.15) is 5.26 Å².